The lowest BCUT2D eigenvalue weighted by molar-refractivity contribution is 0.0980. The smallest absolute Gasteiger partial charge is 0.251 e. The minimum absolute atomic E-state index is 0.118. The van der Waals surface area contributed by atoms with Gasteiger partial charge in [0.25, 0.3) is 5.91 Å². The van der Waals surface area contributed by atoms with Crippen molar-refractivity contribution in [2.45, 2.75) is 13.5 Å². The number of rotatable bonds is 5. The summed E-state index contributed by atoms with van der Waals surface area (Å²) in [5.74, 6) is -0.933. The standard InChI is InChI=1S/C18H16N4O2/c1-12-8-21-22(10-12)11-13-4-2-3-5-14(13)17(23)15-6-7-20-9-16(15)18(19)24/h2-10H,11H2,1H3,(H2,19,24). The fourth-order valence-electron chi connectivity index (χ4n) is 2.54. The molecule has 0 atom stereocenters. The molecule has 0 fully saturated rings. The third kappa shape index (κ3) is 3.08. The molecule has 2 heterocycles. The van der Waals surface area contributed by atoms with Crippen LogP contribution >= 0.6 is 0 Å². The van der Waals surface area contributed by atoms with Gasteiger partial charge < -0.3 is 5.73 Å². The van der Waals surface area contributed by atoms with Crippen LogP contribution < -0.4 is 5.73 Å². The van der Waals surface area contributed by atoms with E-state index < -0.39 is 5.91 Å². The number of aryl methyl sites for hydroxylation is 1. The zero-order chi connectivity index (χ0) is 17.1. The summed E-state index contributed by atoms with van der Waals surface area (Å²) >= 11 is 0. The molecule has 2 aromatic heterocycles. The molecule has 3 rings (SSSR count). The normalized spacial score (nSPS) is 10.5. The molecule has 0 saturated carbocycles. The van der Waals surface area contributed by atoms with E-state index in [1.807, 2.05) is 25.3 Å². The zero-order valence-corrected chi connectivity index (χ0v) is 13.1. The quantitative estimate of drug-likeness (QED) is 0.728. The van der Waals surface area contributed by atoms with Crippen molar-refractivity contribution in [3.63, 3.8) is 0 Å². The van der Waals surface area contributed by atoms with Crippen molar-refractivity contribution in [1.82, 2.24) is 14.8 Å². The number of nitrogens with two attached hydrogens (primary N) is 1. The summed E-state index contributed by atoms with van der Waals surface area (Å²) in [6.07, 6.45) is 6.45. The highest BCUT2D eigenvalue weighted by Crippen LogP contribution is 2.18. The van der Waals surface area contributed by atoms with E-state index >= 15 is 0 Å². The molecule has 0 aliphatic rings. The molecule has 2 N–H and O–H groups in total. The molecule has 0 radical (unpaired) electrons. The Balaban J connectivity index is 2.01. The number of ketones is 1. The minimum atomic E-state index is -0.674. The molecule has 0 unspecified atom stereocenters. The average molecular weight is 320 g/mol. The summed E-state index contributed by atoms with van der Waals surface area (Å²) < 4.78 is 1.77. The highest BCUT2D eigenvalue weighted by Gasteiger charge is 2.19. The first-order valence-corrected chi connectivity index (χ1v) is 7.41. The Morgan fingerprint density at radius 1 is 1.08 bits per heavy atom. The molecule has 0 aliphatic heterocycles. The van der Waals surface area contributed by atoms with E-state index in [0.717, 1.165) is 11.1 Å². The van der Waals surface area contributed by atoms with E-state index in [4.69, 9.17) is 5.73 Å². The van der Waals surface area contributed by atoms with E-state index in [9.17, 15) is 9.59 Å². The Hall–Kier alpha value is -3.28. The molecule has 120 valence electrons. The number of aromatic nitrogens is 3. The highest BCUT2D eigenvalue weighted by atomic mass is 16.1. The van der Waals surface area contributed by atoms with Crippen LogP contribution in [0.1, 0.15) is 37.4 Å². The average Bonchev–Trinajstić information content (AvgIpc) is 2.99. The van der Waals surface area contributed by atoms with Crippen molar-refractivity contribution in [2.75, 3.05) is 0 Å². The number of benzene rings is 1. The fraction of sp³-hybridized carbons (Fsp3) is 0.111. The van der Waals surface area contributed by atoms with Gasteiger partial charge in [-0.25, -0.2) is 0 Å². The maximum absolute atomic E-state index is 12.9. The van der Waals surface area contributed by atoms with E-state index in [2.05, 4.69) is 10.1 Å². The van der Waals surface area contributed by atoms with Gasteiger partial charge in [-0.15, -0.1) is 0 Å². The first-order chi connectivity index (χ1) is 11.6. The van der Waals surface area contributed by atoms with Crippen molar-refractivity contribution in [3.05, 3.63) is 82.9 Å². The molecular weight excluding hydrogens is 304 g/mol. The van der Waals surface area contributed by atoms with Gasteiger partial charge in [0.2, 0.25) is 0 Å². The maximum Gasteiger partial charge on any atom is 0.251 e. The van der Waals surface area contributed by atoms with Crippen LogP contribution in [0.3, 0.4) is 0 Å². The van der Waals surface area contributed by atoms with Crippen LogP contribution in [0.2, 0.25) is 0 Å². The van der Waals surface area contributed by atoms with Crippen LogP contribution in [-0.2, 0) is 6.54 Å². The number of amides is 1. The van der Waals surface area contributed by atoms with Gasteiger partial charge in [0.05, 0.1) is 18.3 Å². The predicted molar refractivity (Wildman–Crippen MR) is 88.7 cm³/mol. The van der Waals surface area contributed by atoms with Gasteiger partial charge in [-0.2, -0.15) is 5.10 Å². The van der Waals surface area contributed by atoms with Crippen molar-refractivity contribution < 1.29 is 9.59 Å². The van der Waals surface area contributed by atoms with Crippen LogP contribution in [0.4, 0.5) is 0 Å². The first kappa shape index (κ1) is 15.6. The molecule has 1 aromatic carbocycles. The molecule has 1 amide bonds. The van der Waals surface area contributed by atoms with E-state index in [-0.39, 0.29) is 16.9 Å². The van der Waals surface area contributed by atoms with Gasteiger partial charge in [-0.05, 0) is 24.1 Å². The van der Waals surface area contributed by atoms with Gasteiger partial charge in [-0.1, -0.05) is 24.3 Å². The number of carbonyl (C=O) groups is 2. The molecule has 0 saturated heterocycles. The third-order valence-electron chi connectivity index (χ3n) is 3.69. The molecule has 3 aromatic rings. The largest absolute Gasteiger partial charge is 0.366 e. The Labute approximate surface area is 138 Å². The van der Waals surface area contributed by atoms with Crippen molar-refractivity contribution in [3.8, 4) is 0 Å². The van der Waals surface area contributed by atoms with E-state index in [0.29, 0.717) is 12.1 Å². The number of primary amides is 1. The summed E-state index contributed by atoms with van der Waals surface area (Å²) in [5.41, 5.74) is 8.09. The second-order valence-electron chi connectivity index (χ2n) is 5.49. The topological polar surface area (TPSA) is 90.9 Å². The summed E-state index contributed by atoms with van der Waals surface area (Å²) in [4.78, 5) is 28.3. The van der Waals surface area contributed by atoms with E-state index in [1.54, 1.807) is 23.0 Å². The number of hydrogen-bond donors (Lipinski definition) is 1. The maximum atomic E-state index is 12.9. The third-order valence-corrected chi connectivity index (χ3v) is 3.69. The minimum Gasteiger partial charge on any atom is -0.366 e. The number of hydrogen-bond acceptors (Lipinski definition) is 4. The van der Waals surface area contributed by atoms with Crippen molar-refractivity contribution >= 4 is 11.7 Å². The Bertz CT molecular complexity index is 915. The molecule has 24 heavy (non-hydrogen) atoms. The molecule has 0 bridgehead atoms. The Kier molecular flexibility index (Phi) is 4.20. The lowest BCUT2D eigenvalue weighted by Gasteiger charge is -2.10. The lowest BCUT2D eigenvalue weighted by atomic mass is 9.96. The van der Waals surface area contributed by atoms with Gasteiger partial charge in [0.15, 0.2) is 5.78 Å². The van der Waals surface area contributed by atoms with Gasteiger partial charge in [0, 0.05) is 29.7 Å². The molecule has 6 heteroatoms. The van der Waals surface area contributed by atoms with Crippen LogP contribution in [0.25, 0.3) is 0 Å². The Morgan fingerprint density at radius 2 is 1.88 bits per heavy atom. The Morgan fingerprint density at radius 3 is 2.58 bits per heavy atom. The summed E-state index contributed by atoms with van der Waals surface area (Å²) in [5, 5.41) is 4.25. The monoisotopic (exact) mass is 320 g/mol. The second-order valence-corrected chi connectivity index (χ2v) is 5.49. The van der Waals surface area contributed by atoms with Crippen LogP contribution in [0.5, 0.6) is 0 Å². The summed E-state index contributed by atoms with van der Waals surface area (Å²) in [7, 11) is 0. The zero-order valence-electron chi connectivity index (χ0n) is 13.1. The highest BCUT2D eigenvalue weighted by molar-refractivity contribution is 6.15. The number of pyridine rings is 1. The SMILES string of the molecule is Cc1cnn(Cc2ccccc2C(=O)c2ccncc2C(N)=O)c1. The van der Waals surface area contributed by atoms with Gasteiger partial charge in [-0.3, -0.25) is 19.3 Å². The predicted octanol–water partition coefficient (Wildman–Crippen LogP) is 1.96. The molecular formula is C18H16N4O2. The van der Waals surface area contributed by atoms with Crippen molar-refractivity contribution in [1.29, 1.82) is 0 Å². The van der Waals surface area contributed by atoms with Gasteiger partial charge in [0.1, 0.15) is 0 Å². The van der Waals surface area contributed by atoms with Crippen molar-refractivity contribution in [2.24, 2.45) is 5.73 Å². The number of nitrogens with zero attached hydrogens (tertiary/aromatic N) is 3. The van der Waals surface area contributed by atoms with Crippen LogP contribution in [0.15, 0.2) is 55.1 Å². The number of carbonyl (C=O) groups excluding carboxylic acids is 2. The van der Waals surface area contributed by atoms with Crippen LogP contribution in [-0.4, -0.2) is 26.5 Å². The lowest BCUT2D eigenvalue weighted by Crippen LogP contribution is -2.18. The molecule has 6 nitrogen and oxygen atoms in total. The first-order valence-electron chi connectivity index (χ1n) is 7.41. The van der Waals surface area contributed by atoms with Crippen LogP contribution in [0, 0.1) is 6.92 Å². The summed E-state index contributed by atoms with van der Waals surface area (Å²) in [6.45, 7) is 2.42. The molecule has 0 spiro atoms. The molecule has 0 aliphatic carbocycles. The summed E-state index contributed by atoms with van der Waals surface area (Å²) in [6, 6.07) is 8.77. The second kappa shape index (κ2) is 6.45. The fourth-order valence-corrected chi connectivity index (χ4v) is 2.54. The van der Waals surface area contributed by atoms with Gasteiger partial charge >= 0.3 is 0 Å². The van der Waals surface area contributed by atoms with E-state index in [1.165, 1.54) is 18.5 Å².